The van der Waals surface area contributed by atoms with Crippen molar-refractivity contribution in [2.24, 2.45) is 5.92 Å². The average Bonchev–Trinajstić information content (AvgIpc) is 3.06. The number of ether oxygens (including phenoxy) is 1. The van der Waals surface area contributed by atoms with Crippen LogP contribution in [-0.4, -0.2) is 47.7 Å². The van der Waals surface area contributed by atoms with Crippen LogP contribution in [0, 0.1) is 25.6 Å². The van der Waals surface area contributed by atoms with Gasteiger partial charge < -0.3 is 15.2 Å². The van der Waals surface area contributed by atoms with Gasteiger partial charge >= 0.3 is 5.97 Å². The Morgan fingerprint density at radius 3 is 2.67 bits per heavy atom. The molecule has 0 bridgehead atoms. The number of carbonyl (C=O) groups excluding carboxylic acids is 2. The number of nitrogens with zero attached hydrogens (tertiary/aromatic N) is 1. The van der Waals surface area contributed by atoms with Gasteiger partial charge in [0.15, 0.2) is 0 Å². The molecule has 2 aliphatic rings. The van der Waals surface area contributed by atoms with Crippen LogP contribution in [0.25, 0.3) is 0 Å². The fourth-order valence-electron chi connectivity index (χ4n) is 5.44. The van der Waals surface area contributed by atoms with E-state index in [1.54, 1.807) is 12.1 Å². The minimum Gasteiger partial charge on any atom is -0.465 e. The molecule has 178 valence electrons. The molecule has 4 rings (SSSR count). The second-order valence-corrected chi connectivity index (χ2v) is 10.4. The van der Waals surface area contributed by atoms with Crippen molar-refractivity contribution in [1.82, 2.24) is 4.90 Å². The second-order valence-electron chi connectivity index (χ2n) is 9.20. The fourth-order valence-corrected chi connectivity index (χ4v) is 6.50. The molecule has 0 unspecified atom stereocenters. The smallest absolute Gasteiger partial charge is 0.341 e. The molecule has 3 atom stereocenters. The number of esters is 1. The lowest BCUT2D eigenvalue weighted by Gasteiger charge is -2.52. The third-order valence-electron chi connectivity index (χ3n) is 7.26. The predicted octanol–water partition coefficient (Wildman–Crippen LogP) is 4.60. The van der Waals surface area contributed by atoms with Crippen LogP contribution >= 0.6 is 11.3 Å². The molecule has 1 aliphatic heterocycles. The molecule has 2 fully saturated rings. The molecule has 1 amide bonds. The summed E-state index contributed by atoms with van der Waals surface area (Å²) in [5.74, 6) is -1.03. The maximum absolute atomic E-state index is 13.6. The zero-order valence-electron chi connectivity index (χ0n) is 19.3. The number of hydrogen-bond donors (Lipinski definition) is 2. The molecule has 1 aromatic carbocycles. The molecule has 1 saturated heterocycles. The zero-order chi connectivity index (χ0) is 23.8. The van der Waals surface area contributed by atoms with E-state index in [2.05, 4.69) is 10.2 Å². The number of piperidine rings is 1. The van der Waals surface area contributed by atoms with Crippen LogP contribution in [0.15, 0.2) is 24.3 Å². The van der Waals surface area contributed by atoms with Crippen molar-refractivity contribution in [2.45, 2.75) is 57.6 Å². The van der Waals surface area contributed by atoms with Crippen molar-refractivity contribution in [3.8, 4) is 0 Å². The highest BCUT2D eigenvalue weighted by Gasteiger charge is 2.49. The van der Waals surface area contributed by atoms with E-state index in [4.69, 9.17) is 4.74 Å². The Bertz CT molecular complexity index is 1040. The lowest BCUT2D eigenvalue weighted by Crippen LogP contribution is -2.56. The van der Waals surface area contributed by atoms with Gasteiger partial charge in [0.2, 0.25) is 5.91 Å². The Hall–Kier alpha value is -2.29. The monoisotopic (exact) mass is 474 g/mol. The number of nitrogens with one attached hydrogen (secondary N) is 1. The first-order valence-corrected chi connectivity index (χ1v) is 12.2. The largest absolute Gasteiger partial charge is 0.465 e. The van der Waals surface area contributed by atoms with Crippen molar-refractivity contribution in [3.63, 3.8) is 0 Å². The molecule has 6 nitrogen and oxygen atoms in total. The van der Waals surface area contributed by atoms with Crippen molar-refractivity contribution >= 4 is 28.2 Å². The number of anilines is 1. The number of likely N-dealkylation sites (tertiary alicyclic amines) is 1. The first-order valence-electron chi connectivity index (χ1n) is 11.4. The highest BCUT2D eigenvalue weighted by Crippen LogP contribution is 2.49. The van der Waals surface area contributed by atoms with E-state index in [1.165, 1.54) is 30.6 Å². The maximum Gasteiger partial charge on any atom is 0.341 e. The molecule has 2 aromatic rings. The van der Waals surface area contributed by atoms with Crippen molar-refractivity contribution < 1.29 is 23.8 Å². The van der Waals surface area contributed by atoms with Gasteiger partial charge in [-0.15, -0.1) is 11.3 Å². The summed E-state index contributed by atoms with van der Waals surface area (Å²) < 4.78 is 18.5. The average molecular weight is 475 g/mol. The lowest BCUT2D eigenvalue weighted by atomic mass is 9.66. The Labute approximate surface area is 197 Å². The molecule has 1 aromatic heterocycles. The highest BCUT2D eigenvalue weighted by molar-refractivity contribution is 7.16. The topological polar surface area (TPSA) is 78.9 Å². The standard InChI is InChI=1S/C25H31FN2O4S/c1-15-16(2)33-23(21(15)24(30)32-3)27-20(29)14-28-13-12-25(31)11-5-4-6-19(25)22(28)17-7-9-18(26)10-8-17/h7-10,19,22,31H,4-6,11-14H2,1-3H3,(H,27,29)/t19-,22-,25+/m0/s1. The minimum atomic E-state index is -0.760. The Kier molecular flexibility index (Phi) is 6.88. The molecule has 2 heterocycles. The van der Waals surface area contributed by atoms with E-state index in [9.17, 15) is 19.1 Å². The van der Waals surface area contributed by atoms with Gasteiger partial charge in [0, 0.05) is 23.4 Å². The number of amides is 1. The maximum atomic E-state index is 13.6. The second kappa shape index (κ2) is 9.52. The number of benzene rings is 1. The summed E-state index contributed by atoms with van der Waals surface area (Å²) in [6.07, 6.45) is 4.25. The van der Waals surface area contributed by atoms with Gasteiger partial charge in [0.25, 0.3) is 0 Å². The first-order chi connectivity index (χ1) is 15.7. The Balaban J connectivity index is 1.58. The van der Waals surface area contributed by atoms with E-state index in [0.29, 0.717) is 23.5 Å². The number of carbonyl (C=O) groups is 2. The number of aryl methyl sites for hydroxylation is 1. The molecular weight excluding hydrogens is 443 g/mol. The molecule has 1 aliphatic carbocycles. The molecule has 2 N–H and O–H groups in total. The lowest BCUT2D eigenvalue weighted by molar-refractivity contribution is -0.135. The van der Waals surface area contributed by atoms with Gasteiger partial charge in [-0.3, -0.25) is 9.69 Å². The summed E-state index contributed by atoms with van der Waals surface area (Å²) in [5.41, 5.74) is 1.34. The van der Waals surface area contributed by atoms with E-state index >= 15 is 0 Å². The summed E-state index contributed by atoms with van der Waals surface area (Å²) in [6.45, 7) is 4.42. The third-order valence-corrected chi connectivity index (χ3v) is 8.38. The Morgan fingerprint density at radius 1 is 1.24 bits per heavy atom. The molecular formula is C25H31FN2O4S. The predicted molar refractivity (Wildman–Crippen MR) is 126 cm³/mol. The molecule has 8 heteroatoms. The van der Waals surface area contributed by atoms with Crippen molar-refractivity contribution in [3.05, 3.63) is 51.7 Å². The quantitative estimate of drug-likeness (QED) is 0.620. The fraction of sp³-hybridized carbons (Fsp3) is 0.520. The van der Waals surface area contributed by atoms with Crippen LogP contribution in [0.4, 0.5) is 9.39 Å². The summed E-state index contributed by atoms with van der Waals surface area (Å²) in [7, 11) is 1.33. The van der Waals surface area contributed by atoms with Crippen LogP contribution in [-0.2, 0) is 9.53 Å². The number of aliphatic hydroxyl groups is 1. The van der Waals surface area contributed by atoms with Crippen molar-refractivity contribution in [2.75, 3.05) is 25.5 Å². The summed E-state index contributed by atoms with van der Waals surface area (Å²) in [6, 6.07) is 6.20. The van der Waals surface area contributed by atoms with Gasteiger partial charge in [-0.05, 0) is 56.4 Å². The van der Waals surface area contributed by atoms with Crippen LogP contribution in [0.1, 0.15) is 64.5 Å². The van der Waals surface area contributed by atoms with Gasteiger partial charge in [-0.25, -0.2) is 9.18 Å². The van der Waals surface area contributed by atoms with Crippen LogP contribution in [0.2, 0.25) is 0 Å². The number of fused-ring (bicyclic) bond motifs is 1. The molecule has 33 heavy (non-hydrogen) atoms. The van der Waals surface area contributed by atoms with Gasteiger partial charge in [-0.1, -0.05) is 25.0 Å². The zero-order valence-corrected chi connectivity index (χ0v) is 20.1. The number of thiophene rings is 1. The normalized spacial score (nSPS) is 25.4. The SMILES string of the molecule is COC(=O)c1c(NC(=O)CN2CC[C@]3(O)CCCC[C@H]3[C@@H]2c2ccc(F)cc2)sc(C)c1C. The van der Waals surface area contributed by atoms with Crippen LogP contribution in [0.5, 0.6) is 0 Å². The van der Waals surface area contributed by atoms with E-state index in [-0.39, 0.29) is 30.2 Å². The van der Waals surface area contributed by atoms with Gasteiger partial charge in [0.1, 0.15) is 10.8 Å². The third kappa shape index (κ3) is 4.69. The summed E-state index contributed by atoms with van der Waals surface area (Å²) in [4.78, 5) is 28.4. The minimum absolute atomic E-state index is 0.0184. The number of rotatable bonds is 5. The first kappa shape index (κ1) is 23.9. The summed E-state index contributed by atoms with van der Waals surface area (Å²) >= 11 is 1.36. The number of hydrogen-bond acceptors (Lipinski definition) is 6. The molecule has 0 spiro atoms. The van der Waals surface area contributed by atoms with E-state index < -0.39 is 11.6 Å². The van der Waals surface area contributed by atoms with E-state index in [0.717, 1.165) is 41.7 Å². The number of halogens is 1. The van der Waals surface area contributed by atoms with Gasteiger partial charge in [0.05, 0.1) is 24.8 Å². The molecule has 1 saturated carbocycles. The van der Waals surface area contributed by atoms with Gasteiger partial charge in [-0.2, -0.15) is 0 Å². The van der Waals surface area contributed by atoms with Crippen LogP contribution in [0.3, 0.4) is 0 Å². The molecule has 0 radical (unpaired) electrons. The van der Waals surface area contributed by atoms with E-state index in [1.807, 2.05) is 13.8 Å². The Morgan fingerprint density at radius 2 is 1.97 bits per heavy atom. The number of methoxy groups -OCH3 is 1. The van der Waals surface area contributed by atoms with Crippen LogP contribution < -0.4 is 5.32 Å². The van der Waals surface area contributed by atoms with Crippen molar-refractivity contribution in [1.29, 1.82) is 0 Å². The summed E-state index contributed by atoms with van der Waals surface area (Å²) in [5, 5.41) is 14.8. The highest BCUT2D eigenvalue weighted by atomic mass is 32.1.